The zero-order valence-corrected chi connectivity index (χ0v) is 8.97. The van der Waals surface area contributed by atoms with Crippen LogP contribution in [0.5, 0.6) is 5.75 Å². The third-order valence-electron chi connectivity index (χ3n) is 2.34. The minimum atomic E-state index is -0.0959. The van der Waals surface area contributed by atoms with Crippen LogP contribution in [0.1, 0.15) is 11.6 Å². The minimum absolute atomic E-state index is 0.0959. The predicted octanol–water partition coefficient (Wildman–Crippen LogP) is 2.57. The summed E-state index contributed by atoms with van der Waals surface area (Å²) in [4.78, 5) is 0. The molecule has 0 fully saturated rings. The van der Waals surface area contributed by atoms with Gasteiger partial charge >= 0.3 is 0 Å². The van der Waals surface area contributed by atoms with Gasteiger partial charge < -0.3 is 10.5 Å². The molecule has 0 aliphatic heterocycles. The molecule has 0 heterocycles. The van der Waals surface area contributed by atoms with E-state index in [1.165, 1.54) is 0 Å². The van der Waals surface area contributed by atoms with Gasteiger partial charge in [0.05, 0.1) is 6.04 Å². The maximum absolute atomic E-state index is 6.01. The molecule has 2 aromatic rings. The van der Waals surface area contributed by atoms with Crippen molar-refractivity contribution in [2.24, 2.45) is 5.73 Å². The minimum Gasteiger partial charge on any atom is -0.492 e. The standard InChI is InChI=1S/C14H14NO/c15-14(12-7-3-1-4-8-12)11-16-13-9-5-2-6-10-13/h1-5,7-10,14H,11,15H2. The first-order valence-electron chi connectivity index (χ1n) is 5.26. The molecule has 0 aromatic heterocycles. The Labute approximate surface area is 95.7 Å². The van der Waals surface area contributed by atoms with Gasteiger partial charge in [-0.15, -0.1) is 0 Å². The Kier molecular flexibility index (Phi) is 3.57. The van der Waals surface area contributed by atoms with Gasteiger partial charge in [0, 0.05) is 0 Å². The van der Waals surface area contributed by atoms with Crippen LogP contribution < -0.4 is 10.5 Å². The zero-order valence-electron chi connectivity index (χ0n) is 8.97. The maximum Gasteiger partial charge on any atom is 0.120 e. The van der Waals surface area contributed by atoms with Crippen molar-refractivity contribution in [1.82, 2.24) is 0 Å². The molecule has 0 amide bonds. The monoisotopic (exact) mass is 212 g/mol. The highest BCUT2D eigenvalue weighted by Crippen LogP contribution is 2.13. The first-order valence-corrected chi connectivity index (χ1v) is 5.26. The smallest absolute Gasteiger partial charge is 0.120 e. The zero-order chi connectivity index (χ0) is 11.2. The number of hydrogen-bond donors (Lipinski definition) is 1. The van der Waals surface area contributed by atoms with Crippen LogP contribution in [0.2, 0.25) is 0 Å². The fourth-order valence-electron chi connectivity index (χ4n) is 1.45. The molecule has 81 valence electrons. The summed E-state index contributed by atoms with van der Waals surface area (Å²) in [5, 5.41) is 0. The van der Waals surface area contributed by atoms with E-state index in [-0.39, 0.29) is 6.04 Å². The quantitative estimate of drug-likeness (QED) is 0.845. The van der Waals surface area contributed by atoms with Crippen LogP contribution >= 0.6 is 0 Å². The summed E-state index contributed by atoms with van der Waals surface area (Å²) in [5.74, 6) is 0.800. The number of rotatable bonds is 4. The molecule has 2 aromatic carbocycles. The molecule has 2 nitrogen and oxygen atoms in total. The van der Waals surface area contributed by atoms with Crippen molar-refractivity contribution in [3.8, 4) is 5.75 Å². The van der Waals surface area contributed by atoms with E-state index >= 15 is 0 Å². The van der Waals surface area contributed by atoms with Crippen LogP contribution in [0.4, 0.5) is 0 Å². The van der Waals surface area contributed by atoms with Crippen molar-refractivity contribution in [2.75, 3.05) is 6.61 Å². The Balaban J connectivity index is 1.92. The molecule has 1 unspecified atom stereocenters. The van der Waals surface area contributed by atoms with Crippen LogP contribution in [-0.4, -0.2) is 6.61 Å². The molecular weight excluding hydrogens is 198 g/mol. The summed E-state index contributed by atoms with van der Waals surface area (Å²) in [6, 6.07) is 20.2. The van der Waals surface area contributed by atoms with Crippen LogP contribution in [0.3, 0.4) is 0 Å². The molecule has 1 atom stereocenters. The number of nitrogens with two attached hydrogens (primary N) is 1. The van der Waals surface area contributed by atoms with E-state index < -0.39 is 0 Å². The summed E-state index contributed by atoms with van der Waals surface area (Å²) in [7, 11) is 0. The molecule has 0 aliphatic carbocycles. The van der Waals surface area contributed by atoms with Gasteiger partial charge in [0.25, 0.3) is 0 Å². The molecule has 0 aliphatic rings. The molecule has 0 spiro atoms. The third-order valence-corrected chi connectivity index (χ3v) is 2.34. The molecule has 0 bridgehead atoms. The first-order chi connectivity index (χ1) is 7.86. The van der Waals surface area contributed by atoms with E-state index in [1.807, 2.05) is 48.5 Å². The van der Waals surface area contributed by atoms with Crippen molar-refractivity contribution >= 4 is 0 Å². The fourth-order valence-corrected chi connectivity index (χ4v) is 1.45. The largest absolute Gasteiger partial charge is 0.492 e. The second-order valence-corrected chi connectivity index (χ2v) is 3.57. The van der Waals surface area contributed by atoms with Crippen LogP contribution in [0.25, 0.3) is 0 Å². The number of ether oxygens (including phenoxy) is 1. The summed E-state index contributed by atoms with van der Waals surface area (Å²) in [6.07, 6.45) is 0. The van der Waals surface area contributed by atoms with Crippen molar-refractivity contribution in [3.05, 3.63) is 66.2 Å². The molecule has 2 heteroatoms. The number of benzene rings is 2. The Morgan fingerprint density at radius 3 is 2.62 bits per heavy atom. The van der Waals surface area contributed by atoms with Gasteiger partial charge in [-0.05, 0) is 23.8 Å². The van der Waals surface area contributed by atoms with Crippen LogP contribution in [-0.2, 0) is 0 Å². The normalized spacial score (nSPS) is 12.1. The van der Waals surface area contributed by atoms with Crippen molar-refractivity contribution in [2.45, 2.75) is 6.04 Å². The SMILES string of the molecule is NC(COc1c[c]ccc1)c1ccccc1. The summed E-state index contributed by atoms with van der Waals surface area (Å²) in [6.45, 7) is 0.474. The molecule has 2 rings (SSSR count). The van der Waals surface area contributed by atoms with E-state index in [4.69, 9.17) is 10.5 Å². The van der Waals surface area contributed by atoms with E-state index in [2.05, 4.69) is 6.07 Å². The Morgan fingerprint density at radius 2 is 1.94 bits per heavy atom. The highest BCUT2D eigenvalue weighted by molar-refractivity contribution is 5.22. The summed E-state index contributed by atoms with van der Waals surface area (Å²) in [5.41, 5.74) is 7.09. The second-order valence-electron chi connectivity index (χ2n) is 3.57. The van der Waals surface area contributed by atoms with Crippen LogP contribution in [0, 0.1) is 6.07 Å². The lowest BCUT2D eigenvalue weighted by Crippen LogP contribution is -2.18. The second kappa shape index (κ2) is 5.33. The highest BCUT2D eigenvalue weighted by atomic mass is 16.5. The van der Waals surface area contributed by atoms with Crippen LogP contribution in [0.15, 0.2) is 54.6 Å². The molecule has 16 heavy (non-hydrogen) atoms. The Hall–Kier alpha value is -1.80. The van der Waals surface area contributed by atoms with Gasteiger partial charge in [0.2, 0.25) is 0 Å². The summed E-state index contributed by atoms with van der Waals surface area (Å²) < 4.78 is 5.57. The third kappa shape index (κ3) is 2.84. The van der Waals surface area contributed by atoms with Crippen molar-refractivity contribution in [1.29, 1.82) is 0 Å². The first kappa shape index (κ1) is 10.7. The van der Waals surface area contributed by atoms with E-state index in [1.54, 1.807) is 6.07 Å². The van der Waals surface area contributed by atoms with Gasteiger partial charge in [-0.2, -0.15) is 0 Å². The maximum atomic E-state index is 6.01. The average Bonchev–Trinajstić information content (AvgIpc) is 2.38. The lowest BCUT2D eigenvalue weighted by atomic mass is 10.1. The van der Waals surface area contributed by atoms with E-state index in [9.17, 15) is 0 Å². The molecule has 0 saturated carbocycles. The Bertz CT molecular complexity index is 413. The van der Waals surface area contributed by atoms with Crippen molar-refractivity contribution < 1.29 is 4.74 Å². The topological polar surface area (TPSA) is 35.2 Å². The lowest BCUT2D eigenvalue weighted by molar-refractivity contribution is 0.290. The average molecular weight is 212 g/mol. The van der Waals surface area contributed by atoms with E-state index in [0.29, 0.717) is 6.61 Å². The van der Waals surface area contributed by atoms with Gasteiger partial charge in [0.15, 0.2) is 0 Å². The summed E-state index contributed by atoms with van der Waals surface area (Å²) >= 11 is 0. The van der Waals surface area contributed by atoms with Gasteiger partial charge in [-0.3, -0.25) is 0 Å². The molecule has 0 saturated heterocycles. The highest BCUT2D eigenvalue weighted by Gasteiger charge is 2.05. The number of hydrogen-bond acceptors (Lipinski definition) is 2. The molecule has 2 N–H and O–H groups in total. The van der Waals surface area contributed by atoms with Gasteiger partial charge in [0.1, 0.15) is 12.4 Å². The fraction of sp³-hybridized carbons (Fsp3) is 0.143. The lowest BCUT2D eigenvalue weighted by Gasteiger charge is -2.13. The van der Waals surface area contributed by atoms with Gasteiger partial charge in [-0.25, -0.2) is 0 Å². The van der Waals surface area contributed by atoms with Gasteiger partial charge in [-0.1, -0.05) is 42.5 Å². The molecule has 1 radical (unpaired) electrons. The predicted molar refractivity (Wildman–Crippen MR) is 64.1 cm³/mol. The molecular formula is C14H14NO. The Morgan fingerprint density at radius 1 is 1.12 bits per heavy atom. The van der Waals surface area contributed by atoms with Crippen molar-refractivity contribution in [3.63, 3.8) is 0 Å². The van der Waals surface area contributed by atoms with E-state index in [0.717, 1.165) is 11.3 Å².